The molecule has 0 unspecified atom stereocenters. The summed E-state index contributed by atoms with van der Waals surface area (Å²) in [5.41, 5.74) is 2.87. The molecule has 3 aromatic rings. The Morgan fingerprint density at radius 3 is 2.65 bits per heavy atom. The number of nitrogens with zero attached hydrogens (tertiary/aromatic N) is 1. The fraction of sp³-hybridized carbons (Fsp3) is 0.0769. The first kappa shape index (κ1) is 9.84. The number of para-hydroxylation sites is 1. The lowest BCUT2D eigenvalue weighted by Crippen LogP contribution is -2.03. The summed E-state index contributed by atoms with van der Waals surface area (Å²) in [5.74, 6) is 0. The van der Waals surface area contributed by atoms with E-state index in [1.54, 1.807) is 0 Å². The number of H-pyrrole nitrogens is 2. The molecule has 4 nitrogen and oxygen atoms in total. The molecule has 1 aromatic carbocycles. The number of aromatic nitrogens is 3. The average Bonchev–Trinajstić information content (AvgIpc) is 2.68. The summed E-state index contributed by atoms with van der Waals surface area (Å²) >= 11 is 0. The number of nitrogens with one attached hydrogen (secondary N) is 2. The van der Waals surface area contributed by atoms with Crippen molar-refractivity contribution in [2.24, 2.45) is 0 Å². The Morgan fingerprint density at radius 1 is 1.06 bits per heavy atom. The highest BCUT2D eigenvalue weighted by molar-refractivity contribution is 5.81. The second-order valence-electron chi connectivity index (χ2n) is 3.97. The number of aromatic amines is 2. The van der Waals surface area contributed by atoms with Crippen molar-refractivity contribution in [1.29, 1.82) is 0 Å². The first-order valence-corrected chi connectivity index (χ1v) is 5.39. The summed E-state index contributed by atoms with van der Waals surface area (Å²) in [6, 6.07) is 11.7. The van der Waals surface area contributed by atoms with Gasteiger partial charge in [0.1, 0.15) is 0 Å². The SMILES string of the molecule is Cc1[nH][nH]c(=O)c1-c1ccc2ccccc2n1. The van der Waals surface area contributed by atoms with Gasteiger partial charge in [-0.1, -0.05) is 24.3 Å². The topological polar surface area (TPSA) is 61.5 Å². The van der Waals surface area contributed by atoms with Crippen LogP contribution in [0.3, 0.4) is 0 Å². The van der Waals surface area contributed by atoms with Crippen LogP contribution in [-0.2, 0) is 0 Å². The third-order valence-electron chi connectivity index (χ3n) is 2.82. The Hall–Kier alpha value is -2.36. The molecule has 84 valence electrons. The van der Waals surface area contributed by atoms with Gasteiger partial charge in [-0.3, -0.25) is 9.89 Å². The average molecular weight is 225 g/mol. The van der Waals surface area contributed by atoms with E-state index < -0.39 is 0 Å². The largest absolute Gasteiger partial charge is 0.302 e. The predicted molar refractivity (Wildman–Crippen MR) is 66.9 cm³/mol. The summed E-state index contributed by atoms with van der Waals surface area (Å²) in [5, 5.41) is 6.44. The monoisotopic (exact) mass is 225 g/mol. The Morgan fingerprint density at radius 2 is 1.88 bits per heavy atom. The van der Waals surface area contributed by atoms with Crippen LogP contribution in [0, 0.1) is 6.92 Å². The number of fused-ring (bicyclic) bond motifs is 1. The number of hydrogen-bond donors (Lipinski definition) is 2. The Labute approximate surface area is 97.3 Å². The van der Waals surface area contributed by atoms with E-state index in [2.05, 4.69) is 15.2 Å². The Balaban J connectivity index is 2.29. The zero-order chi connectivity index (χ0) is 11.8. The predicted octanol–water partition coefficient (Wildman–Crippen LogP) is 2.23. The molecule has 0 amide bonds. The van der Waals surface area contributed by atoms with Crippen molar-refractivity contribution in [3.63, 3.8) is 0 Å². The van der Waals surface area contributed by atoms with Gasteiger partial charge in [-0.15, -0.1) is 0 Å². The van der Waals surface area contributed by atoms with E-state index >= 15 is 0 Å². The van der Waals surface area contributed by atoms with E-state index in [4.69, 9.17) is 0 Å². The van der Waals surface area contributed by atoms with Crippen LogP contribution in [0.2, 0.25) is 0 Å². The second-order valence-corrected chi connectivity index (χ2v) is 3.97. The first-order chi connectivity index (χ1) is 8.25. The Kier molecular flexibility index (Phi) is 2.08. The van der Waals surface area contributed by atoms with Crippen LogP contribution in [0.25, 0.3) is 22.2 Å². The fourth-order valence-corrected chi connectivity index (χ4v) is 1.96. The number of hydrogen-bond acceptors (Lipinski definition) is 2. The van der Waals surface area contributed by atoms with Crippen LogP contribution >= 0.6 is 0 Å². The third kappa shape index (κ3) is 1.54. The normalized spacial score (nSPS) is 10.9. The van der Waals surface area contributed by atoms with E-state index in [0.29, 0.717) is 11.3 Å². The molecule has 17 heavy (non-hydrogen) atoms. The number of benzene rings is 1. The van der Waals surface area contributed by atoms with Crippen molar-refractivity contribution in [1.82, 2.24) is 15.2 Å². The molecule has 2 aromatic heterocycles. The molecule has 2 N–H and O–H groups in total. The molecule has 0 aliphatic carbocycles. The third-order valence-corrected chi connectivity index (χ3v) is 2.82. The molecule has 0 fully saturated rings. The van der Waals surface area contributed by atoms with Gasteiger partial charge in [0.05, 0.1) is 16.8 Å². The quantitative estimate of drug-likeness (QED) is 0.667. The van der Waals surface area contributed by atoms with E-state index in [-0.39, 0.29) is 5.56 Å². The standard InChI is InChI=1S/C13H11N3O/c1-8-12(13(17)16-15-8)11-7-6-9-4-2-3-5-10(9)14-11/h2-7H,1H3,(H2,15,16,17). The van der Waals surface area contributed by atoms with Crippen LogP contribution in [0.4, 0.5) is 0 Å². The van der Waals surface area contributed by atoms with Gasteiger partial charge in [0.15, 0.2) is 0 Å². The van der Waals surface area contributed by atoms with Crippen molar-refractivity contribution < 1.29 is 0 Å². The number of rotatable bonds is 1. The molecule has 0 aliphatic rings. The summed E-state index contributed by atoms with van der Waals surface area (Å²) in [4.78, 5) is 16.1. The smallest absolute Gasteiger partial charge is 0.273 e. The van der Waals surface area contributed by atoms with Crippen LogP contribution in [0.5, 0.6) is 0 Å². The summed E-state index contributed by atoms with van der Waals surface area (Å²) in [6.07, 6.45) is 0. The minimum atomic E-state index is -0.134. The van der Waals surface area contributed by atoms with E-state index in [9.17, 15) is 4.79 Å². The minimum absolute atomic E-state index is 0.134. The van der Waals surface area contributed by atoms with Gasteiger partial charge < -0.3 is 5.10 Å². The zero-order valence-corrected chi connectivity index (χ0v) is 9.32. The van der Waals surface area contributed by atoms with Crippen molar-refractivity contribution in [2.45, 2.75) is 6.92 Å². The van der Waals surface area contributed by atoms with Crippen LogP contribution < -0.4 is 5.56 Å². The molecular formula is C13H11N3O. The van der Waals surface area contributed by atoms with Gasteiger partial charge in [0, 0.05) is 11.1 Å². The fourth-order valence-electron chi connectivity index (χ4n) is 1.96. The molecule has 0 aliphatic heterocycles. The zero-order valence-electron chi connectivity index (χ0n) is 9.32. The highest BCUT2D eigenvalue weighted by Crippen LogP contribution is 2.19. The lowest BCUT2D eigenvalue weighted by atomic mass is 10.1. The first-order valence-electron chi connectivity index (χ1n) is 5.39. The maximum absolute atomic E-state index is 11.6. The molecule has 0 saturated heterocycles. The molecule has 4 heteroatoms. The van der Waals surface area contributed by atoms with Crippen molar-refractivity contribution >= 4 is 10.9 Å². The molecule has 0 spiro atoms. The van der Waals surface area contributed by atoms with Gasteiger partial charge in [-0.05, 0) is 19.1 Å². The van der Waals surface area contributed by atoms with Crippen molar-refractivity contribution in [3.8, 4) is 11.3 Å². The molecule has 2 heterocycles. The Bertz CT molecular complexity index is 740. The van der Waals surface area contributed by atoms with Gasteiger partial charge in [-0.25, -0.2) is 4.98 Å². The summed E-state index contributed by atoms with van der Waals surface area (Å²) < 4.78 is 0. The van der Waals surface area contributed by atoms with Crippen LogP contribution in [0.15, 0.2) is 41.2 Å². The van der Waals surface area contributed by atoms with Gasteiger partial charge in [0.2, 0.25) is 0 Å². The van der Waals surface area contributed by atoms with Crippen molar-refractivity contribution in [3.05, 3.63) is 52.4 Å². The minimum Gasteiger partial charge on any atom is -0.302 e. The lowest BCUT2D eigenvalue weighted by molar-refractivity contribution is 1.02. The number of aryl methyl sites for hydroxylation is 1. The lowest BCUT2D eigenvalue weighted by Gasteiger charge is -2.00. The summed E-state index contributed by atoms with van der Waals surface area (Å²) in [6.45, 7) is 1.85. The number of pyridine rings is 1. The van der Waals surface area contributed by atoms with Crippen LogP contribution in [0.1, 0.15) is 5.69 Å². The maximum atomic E-state index is 11.6. The van der Waals surface area contributed by atoms with Gasteiger partial charge in [-0.2, -0.15) is 0 Å². The van der Waals surface area contributed by atoms with Crippen LogP contribution in [-0.4, -0.2) is 15.2 Å². The molecular weight excluding hydrogens is 214 g/mol. The molecule has 0 atom stereocenters. The molecule has 0 radical (unpaired) electrons. The molecule has 0 bridgehead atoms. The highest BCUT2D eigenvalue weighted by atomic mass is 16.1. The van der Waals surface area contributed by atoms with E-state index in [1.807, 2.05) is 43.3 Å². The van der Waals surface area contributed by atoms with E-state index in [0.717, 1.165) is 16.6 Å². The second kappa shape index (κ2) is 3.59. The van der Waals surface area contributed by atoms with Gasteiger partial charge in [0.25, 0.3) is 5.56 Å². The summed E-state index contributed by atoms with van der Waals surface area (Å²) in [7, 11) is 0. The molecule has 3 rings (SSSR count). The van der Waals surface area contributed by atoms with Crippen molar-refractivity contribution in [2.75, 3.05) is 0 Å². The van der Waals surface area contributed by atoms with Gasteiger partial charge >= 0.3 is 0 Å². The van der Waals surface area contributed by atoms with E-state index in [1.165, 1.54) is 0 Å². The maximum Gasteiger partial charge on any atom is 0.273 e. The molecule has 0 saturated carbocycles. The highest BCUT2D eigenvalue weighted by Gasteiger charge is 2.10.